The molecule has 24 heavy (non-hydrogen) atoms. The van der Waals surface area contributed by atoms with E-state index in [0.717, 1.165) is 5.69 Å². The third kappa shape index (κ3) is 4.99. The summed E-state index contributed by atoms with van der Waals surface area (Å²) in [5.74, 6) is 0.416. The van der Waals surface area contributed by atoms with Crippen LogP contribution < -0.4 is 15.0 Å². The van der Waals surface area contributed by atoms with E-state index in [1.54, 1.807) is 60.5 Å². The summed E-state index contributed by atoms with van der Waals surface area (Å²) < 4.78 is 5.11. The van der Waals surface area contributed by atoms with Crippen LogP contribution in [0.2, 0.25) is 5.02 Å². The molecule has 0 saturated heterocycles. The van der Waals surface area contributed by atoms with Crippen molar-refractivity contribution in [1.82, 2.24) is 0 Å². The highest BCUT2D eigenvalue weighted by Crippen LogP contribution is 2.20. The fourth-order valence-corrected chi connectivity index (χ4v) is 2.33. The van der Waals surface area contributed by atoms with Crippen molar-refractivity contribution in [3.8, 4) is 5.75 Å². The van der Waals surface area contributed by atoms with E-state index in [0.29, 0.717) is 23.0 Å². The maximum Gasteiger partial charge on any atom is 0.226 e. The van der Waals surface area contributed by atoms with Crippen molar-refractivity contribution in [3.63, 3.8) is 0 Å². The van der Waals surface area contributed by atoms with Crippen LogP contribution in [-0.2, 0) is 9.59 Å². The third-order valence-electron chi connectivity index (χ3n) is 3.45. The standard InChI is InChI=1S/C18H19ClN2O3/c1-13(22)21(16-7-9-17(24-2)10-8-16)12-11-18(23)20-15-5-3-14(19)4-6-15/h3-10H,11-12H2,1-2H3,(H,20,23). The van der Waals surface area contributed by atoms with Gasteiger partial charge in [-0.05, 0) is 48.5 Å². The molecule has 0 spiro atoms. The van der Waals surface area contributed by atoms with Gasteiger partial charge in [0.25, 0.3) is 0 Å². The summed E-state index contributed by atoms with van der Waals surface area (Å²) in [7, 11) is 1.58. The molecule has 1 N–H and O–H groups in total. The predicted octanol–water partition coefficient (Wildman–Crippen LogP) is 3.73. The van der Waals surface area contributed by atoms with Gasteiger partial charge in [0.15, 0.2) is 0 Å². The van der Waals surface area contributed by atoms with Crippen molar-refractivity contribution in [2.45, 2.75) is 13.3 Å². The van der Waals surface area contributed by atoms with Crippen LogP contribution in [0.15, 0.2) is 48.5 Å². The topological polar surface area (TPSA) is 58.6 Å². The van der Waals surface area contributed by atoms with Gasteiger partial charge in [0.1, 0.15) is 5.75 Å². The van der Waals surface area contributed by atoms with E-state index in [4.69, 9.17) is 16.3 Å². The fourth-order valence-electron chi connectivity index (χ4n) is 2.20. The quantitative estimate of drug-likeness (QED) is 0.867. The Hall–Kier alpha value is -2.53. The highest BCUT2D eigenvalue weighted by molar-refractivity contribution is 6.30. The van der Waals surface area contributed by atoms with Crippen LogP contribution >= 0.6 is 11.6 Å². The number of nitrogens with one attached hydrogen (secondary N) is 1. The van der Waals surface area contributed by atoms with E-state index in [-0.39, 0.29) is 18.2 Å². The van der Waals surface area contributed by atoms with Gasteiger partial charge in [0.05, 0.1) is 7.11 Å². The normalized spacial score (nSPS) is 10.1. The summed E-state index contributed by atoms with van der Waals surface area (Å²) in [5, 5.41) is 3.38. The van der Waals surface area contributed by atoms with E-state index in [2.05, 4.69) is 5.32 Å². The van der Waals surface area contributed by atoms with Gasteiger partial charge in [0, 0.05) is 36.3 Å². The first kappa shape index (κ1) is 17.8. The van der Waals surface area contributed by atoms with Gasteiger partial charge in [-0.15, -0.1) is 0 Å². The first-order chi connectivity index (χ1) is 11.5. The van der Waals surface area contributed by atoms with E-state index in [9.17, 15) is 9.59 Å². The molecule has 0 aliphatic rings. The highest BCUT2D eigenvalue weighted by Gasteiger charge is 2.13. The Morgan fingerprint density at radius 3 is 2.25 bits per heavy atom. The average molecular weight is 347 g/mol. The summed E-state index contributed by atoms with van der Waals surface area (Å²) in [6.45, 7) is 1.77. The number of halogens is 1. The molecule has 2 rings (SSSR count). The van der Waals surface area contributed by atoms with Gasteiger partial charge in [-0.25, -0.2) is 0 Å². The molecule has 2 aromatic carbocycles. The fraction of sp³-hybridized carbons (Fsp3) is 0.222. The molecule has 6 heteroatoms. The van der Waals surface area contributed by atoms with Crippen molar-refractivity contribution < 1.29 is 14.3 Å². The zero-order valence-electron chi connectivity index (χ0n) is 13.6. The lowest BCUT2D eigenvalue weighted by Gasteiger charge is -2.21. The molecule has 0 atom stereocenters. The first-order valence-electron chi connectivity index (χ1n) is 7.47. The first-order valence-corrected chi connectivity index (χ1v) is 7.85. The average Bonchev–Trinajstić information content (AvgIpc) is 2.57. The van der Waals surface area contributed by atoms with Gasteiger partial charge in [0.2, 0.25) is 11.8 Å². The van der Waals surface area contributed by atoms with Crippen molar-refractivity contribution >= 4 is 34.8 Å². The Balaban J connectivity index is 1.96. The van der Waals surface area contributed by atoms with Gasteiger partial charge < -0.3 is 15.0 Å². The Morgan fingerprint density at radius 2 is 1.71 bits per heavy atom. The zero-order chi connectivity index (χ0) is 17.5. The molecular weight excluding hydrogens is 328 g/mol. The van der Waals surface area contributed by atoms with Crippen LogP contribution in [0.5, 0.6) is 5.75 Å². The number of hydrogen-bond donors (Lipinski definition) is 1. The van der Waals surface area contributed by atoms with Gasteiger partial charge in [-0.1, -0.05) is 11.6 Å². The number of ether oxygens (including phenoxy) is 1. The largest absolute Gasteiger partial charge is 0.497 e. The molecule has 0 aliphatic heterocycles. The number of amides is 2. The monoisotopic (exact) mass is 346 g/mol. The van der Waals surface area contributed by atoms with Gasteiger partial charge in [-0.2, -0.15) is 0 Å². The minimum Gasteiger partial charge on any atom is -0.497 e. The number of rotatable bonds is 6. The number of carbonyl (C=O) groups excluding carboxylic acids is 2. The predicted molar refractivity (Wildman–Crippen MR) is 95.7 cm³/mol. The van der Waals surface area contributed by atoms with Crippen LogP contribution in [-0.4, -0.2) is 25.5 Å². The molecule has 0 bridgehead atoms. The molecule has 0 unspecified atom stereocenters. The van der Waals surface area contributed by atoms with Crippen molar-refractivity contribution in [1.29, 1.82) is 0 Å². The summed E-state index contributed by atoms with van der Waals surface area (Å²) in [5.41, 5.74) is 1.39. The lowest BCUT2D eigenvalue weighted by molar-refractivity contribution is -0.117. The number of hydrogen-bond acceptors (Lipinski definition) is 3. The zero-order valence-corrected chi connectivity index (χ0v) is 14.3. The number of anilines is 2. The maximum atomic E-state index is 12.1. The van der Waals surface area contributed by atoms with Crippen LogP contribution in [0.4, 0.5) is 11.4 Å². The SMILES string of the molecule is COc1ccc(N(CCC(=O)Nc2ccc(Cl)cc2)C(C)=O)cc1. The van der Waals surface area contributed by atoms with Crippen molar-refractivity contribution in [2.75, 3.05) is 23.9 Å². The van der Waals surface area contributed by atoms with Crippen LogP contribution in [0.1, 0.15) is 13.3 Å². The van der Waals surface area contributed by atoms with Crippen molar-refractivity contribution in [2.24, 2.45) is 0 Å². The molecule has 5 nitrogen and oxygen atoms in total. The number of methoxy groups -OCH3 is 1. The second-order valence-electron chi connectivity index (χ2n) is 5.17. The van der Waals surface area contributed by atoms with Crippen LogP contribution in [0, 0.1) is 0 Å². The summed E-state index contributed by atoms with van der Waals surface area (Å²) in [4.78, 5) is 25.5. The smallest absolute Gasteiger partial charge is 0.226 e. The van der Waals surface area contributed by atoms with E-state index in [1.165, 1.54) is 6.92 Å². The second kappa shape index (κ2) is 8.36. The lowest BCUT2D eigenvalue weighted by atomic mass is 10.2. The summed E-state index contributed by atoms with van der Waals surface area (Å²) >= 11 is 5.81. The van der Waals surface area contributed by atoms with Gasteiger partial charge in [-0.3, -0.25) is 9.59 Å². The van der Waals surface area contributed by atoms with E-state index >= 15 is 0 Å². The lowest BCUT2D eigenvalue weighted by Crippen LogP contribution is -2.31. The van der Waals surface area contributed by atoms with Crippen LogP contribution in [0.25, 0.3) is 0 Å². The third-order valence-corrected chi connectivity index (χ3v) is 3.71. The molecule has 2 aromatic rings. The Morgan fingerprint density at radius 1 is 1.08 bits per heavy atom. The molecule has 0 saturated carbocycles. The second-order valence-corrected chi connectivity index (χ2v) is 5.61. The number of carbonyl (C=O) groups is 2. The minimum atomic E-state index is -0.169. The Kier molecular flexibility index (Phi) is 6.21. The highest BCUT2D eigenvalue weighted by atomic mass is 35.5. The number of nitrogens with zero attached hydrogens (tertiary/aromatic N) is 1. The van der Waals surface area contributed by atoms with E-state index < -0.39 is 0 Å². The molecule has 0 aliphatic carbocycles. The van der Waals surface area contributed by atoms with E-state index in [1.807, 2.05) is 0 Å². The van der Waals surface area contributed by atoms with Gasteiger partial charge >= 0.3 is 0 Å². The Bertz CT molecular complexity index is 699. The van der Waals surface area contributed by atoms with Crippen molar-refractivity contribution in [3.05, 3.63) is 53.6 Å². The molecule has 126 valence electrons. The molecular formula is C18H19ClN2O3. The minimum absolute atomic E-state index is 0.126. The van der Waals surface area contributed by atoms with Crippen LogP contribution in [0.3, 0.4) is 0 Å². The molecule has 2 amide bonds. The molecule has 0 fully saturated rings. The summed E-state index contributed by atoms with van der Waals surface area (Å²) in [6, 6.07) is 14.0. The molecule has 0 radical (unpaired) electrons. The molecule has 0 heterocycles. The number of benzene rings is 2. The molecule has 0 aromatic heterocycles. The Labute approximate surface area is 146 Å². The summed E-state index contributed by atoms with van der Waals surface area (Å²) in [6.07, 6.45) is 0.189. The maximum absolute atomic E-state index is 12.1.